The number of aromatic nitrogens is 1. The lowest BCUT2D eigenvalue weighted by Gasteiger charge is -2.04. The predicted molar refractivity (Wildman–Crippen MR) is 73.3 cm³/mol. The van der Waals surface area contributed by atoms with E-state index >= 15 is 0 Å². The van der Waals surface area contributed by atoms with Gasteiger partial charge in [0.2, 0.25) is 5.91 Å². The summed E-state index contributed by atoms with van der Waals surface area (Å²) in [5.74, 6) is -0.974. The minimum atomic E-state index is -0.535. The highest BCUT2D eigenvalue weighted by Gasteiger charge is 2.05. The minimum Gasteiger partial charge on any atom is -0.320 e. The second-order valence-electron chi connectivity index (χ2n) is 3.73. The molecule has 0 spiro atoms. The van der Waals surface area contributed by atoms with Crippen LogP contribution >= 0.6 is 11.6 Å². The molecule has 5 heteroatoms. The van der Waals surface area contributed by atoms with E-state index in [-0.39, 0.29) is 5.69 Å². The molecule has 0 unspecified atom stereocenters. The molecule has 1 aromatic heterocycles. The Kier molecular flexibility index (Phi) is 4.26. The van der Waals surface area contributed by atoms with Crippen molar-refractivity contribution in [3.8, 4) is 0 Å². The van der Waals surface area contributed by atoms with E-state index in [2.05, 4.69) is 10.3 Å². The Hall–Kier alpha value is -2.20. The Morgan fingerprint density at radius 1 is 1.37 bits per heavy atom. The van der Waals surface area contributed by atoms with Crippen molar-refractivity contribution in [2.45, 2.75) is 0 Å². The molecular formula is C14H10ClFN2O. The zero-order chi connectivity index (χ0) is 13.7. The number of carbonyl (C=O) groups excluding carboxylic acids is 1. The molecular weight excluding hydrogens is 267 g/mol. The molecule has 0 bridgehead atoms. The quantitative estimate of drug-likeness (QED) is 0.872. The van der Waals surface area contributed by atoms with Crippen LogP contribution in [-0.2, 0) is 4.79 Å². The summed E-state index contributed by atoms with van der Waals surface area (Å²) in [6, 6.07) is 7.53. The number of hydrogen-bond acceptors (Lipinski definition) is 2. The van der Waals surface area contributed by atoms with Crippen LogP contribution in [0, 0.1) is 5.82 Å². The van der Waals surface area contributed by atoms with Crippen molar-refractivity contribution in [1.82, 2.24) is 4.98 Å². The maximum Gasteiger partial charge on any atom is 0.248 e. The number of amides is 1. The summed E-state index contributed by atoms with van der Waals surface area (Å²) >= 11 is 5.73. The van der Waals surface area contributed by atoms with Gasteiger partial charge in [-0.3, -0.25) is 9.78 Å². The summed E-state index contributed by atoms with van der Waals surface area (Å²) in [4.78, 5) is 15.5. The van der Waals surface area contributed by atoms with Gasteiger partial charge in [-0.2, -0.15) is 0 Å². The summed E-state index contributed by atoms with van der Waals surface area (Å²) in [6.45, 7) is 0. The van der Waals surface area contributed by atoms with Crippen molar-refractivity contribution in [2.75, 3.05) is 5.32 Å². The highest BCUT2D eigenvalue weighted by atomic mass is 35.5. The first kappa shape index (κ1) is 13.2. The van der Waals surface area contributed by atoms with Gasteiger partial charge in [-0.1, -0.05) is 17.7 Å². The molecule has 3 nitrogen and oxygen atoms in total. The second-order valence-corrected chi connectivity index (χ2v) is 4.17. The van der Waals surface area contributed by atoms with Gasteiger partial charge in [0, 0.05) is 23.5 Å². The molecule has 1 amide bonds. The second kappa shape index (κ2) is 6.11. The maximum atomic E-state index is 13.4. The number of benzene rings is 1. The number of nitrogens with one attached hydrogen (secondary N) is 1. The van der Waals surface area contributed by atoms with E-state index in [9.17, 15) is 9.18 Å². The fraction of sp³-hybridized carbons (Fsp3) is 0. The molecule has 96 valence electrons. The Bertz CT molecular complexity index is 614. The molecule has 1 aromatic carbocycles. The first-order valence-corrected chi connectivity index (χ1v) is 5.87. The molecule has 0 fully saturated rings. The standard InChI is InChI=1S/C14H10ClFN2O/c15-11-4-5-12(16)13(8-11)18-14(19)6-3-10-2-1-7-17-9-10/h1-9H,(H,18,19)/b6-3+. The first-order valence-electron chi connectivity index (χ1n) is 5.49. The van der Waals surface area contributed by atoms with E-state index in [4.69, 9.17) is 11.6 Å². The Morgan fingerprint density at radius 3 is 2.95 bits per heavy atom. The van der Waals surface area contributed by atoms with Crippen LogP contribution in [0.5, 0.6) is 0 Å². The number of hydrogen-bond donors (Lipinski definition) is 1. The Labute approximate surface area is 114 Å². The van der Waals surface area contributed by atoms with Crippen molar-refractivity contribution >= 4 is 29.3 Å². The van der Waals surface area contributed by atoms with Gasteiger partial charge in [0.05, 0.1) is 5.69 Å². The minimum absolute atomic E-state index is 0.0494. The number of halogens is 2. The topological polar surface area (TPSA) is 42.0 Å². The fourth-order valence-electron chi connectivity index (χ4n) is 1.41. The van der Waals surface area contributed by atoms with E-state index in [1.165, 1.54) is 24.3 Å². The molecule has 0 aliphatic rings. The monoisotopic (exact) mass is 276 g/mol. The van der Waals surface area contributed by atoms with E-state index in [0.717, 1.165) is 5.56 Å². The van der Waals surface area contributed by atoms with E-state index in [0.29, 0.717) is 5.02 Å². The van der Waals surface area contributed by atoms with Gasteiger partial charge in [-0.05, 0) is 35.9 Å². The third kappa shape index (κ3) is 3.89. The molecule has 0 saturated heterocycles. The van der Waals surface area contributed by atoms with Crippen molar-refractivity contribution < 1.29 is 9.18 Å². The van der Waals surface area contributed by atoms with Crippen LogP contribution in [0.15, 0.2) is 48.8 Å². The summed E-state index contributed by atoms with van der Waals surface area (Å²) < 4.78 is 13.4. The number of carbonyl (C=O) groups is 1. The maximum absolute atomic E-state index is 13.4. The average molecular weight is 277 g/mol. The number of nitrogens with zero attached hydrogens (tertiary/aromatic N) is 1. The lowest BCUT2D eigenvalue weighted by Crippen LogP contribution is -2.09. The van der Waals surface area contributed by atoms with Gasteiger partial charge in [0.25, 0.3) is 0 Å². The molecule has 0 saturated carbocycles. The van der Waals surface area contributed by atoms with Gasteiger partial charge in [-0.15, -0.1) is 0 Å². The third-order valence-corrected chi connectivity index (χ3v) is 2.53. The van der Waals surface area contributed by atoms with Gasteiger partial charge >= 0.3 is 0 Å². The molecule has 2 rings (SSSR count). The largest absolute Gasteiger partial charge is 0.320 e. The van der Waals surface area contributed by atoms with Crippen LogP contribution in [-0.4, -0.2) is 10.9 Å². The highest BCUT2D eigenvalue weighted by Crippen LogP contribution is 2.19. The van der Waals surface area contributed by atoms with Crippen molar-refractivity contribution in [2.24, 2.45) is 0 Å². The zero-order valence-corrected chi connectivity index (χ0v) is 10.6. The molecule has 2 aromatic rings. The van der Waals surface area contributed by atoms with Crippen LogP contribution in [0.25, 0.3) is 6.08 Å². The van der Waals surface area contributed by atoms with E-state index < -0.39 is 11.7 Å². The molecule has 0 atom stereocenters. The molecule has 0 radical (unpaired) electrons. The summed E-state index contributed by atoms with van der Waals surface area (Å²) in [7, 11) is 0. The first-order chi connectivity index (χ1) is 9.15. The van der Waals surface area contributed by atoms with Crippen molar-refractivity contribution in [1.29, 1.82) is 0 Å². The molecule has 1 N–H and O–H groups in total. The van der Waals surface area contributed by atoms with Gasteiger partial charge in [0.1, 0.15) is 5.82 Å². The van der Waals surface area contributed by atoms with E-state index in [1.54, 1.807) is 30.6 Å². The average Bonchev–Trinajstić information content (AvgIpc) is 2.42. The van der Waals surface area contributed by atoms with Gasteiger partial charge in [0.15, 0.2) is 0 Å². The third-order valence-electron chi connectivity index (χ3n) is 2.30. The van der Waals surface area contributed by atoms with E-state index in [1.807, 2.05) is 0 Å². The summed E-state index contributed by atoms with van der Waals surface area (Å²) in [5.41, 5.74) is 0.831. The van der Waals surface area contributed by atoms with Crippen LogP contribution < -0.4 is 5.32 Å². The number of rotatable bonds is 3. The lowest BCUT2D eigenvalue weighted by molar-refractivity contribution is -0.111. The predicted octanol–water partition coefficient (Wildman–Crippen LogP) is 3.53. The molecule has 0 aliphatic heterocycles. The van der Waals surface area contributed by atoms with Crippen LogP contribution in [0.4, 0.5) is 10.1 Å². The number of anilines is 1. The smallest absolute Gasteiger partial charge is 0.248 e. The highest BCUT2D eigenvalue weighted by molar-refractivity contribution is 6.30. The van der Waals surface area contributed by atoms with Crippen LogP contribution in [0.3, 0.4) is 0 Å². The van der Waals surface area contributed by atoms with Crippen molar-refractivity contribution in [3.63, 3.8) is 0 Å². The Balaban J connectivity index is 2.06. The molecule has 0 aliphatic carbocycles. The van der Waals surface area contributed by atoms with Crippen LogP contribution in [0.1, 0.15) is 5.56 Å². The van der Waals surface area contributed by atoms with Gasteiger partial charge < -0.3 is 5.32 Å². The fourth-order valence-corrected chi connectivity index (χ4v) is 1.59. The summed E-state index contributed by atoms with van der Waals surface area (Å²) in [5, 5.41) is 2.77. The Morgan fingerprint density at radius 2 is 2.21 bits per heavy atom. The summed E-state index contributed by atoms with van der Waals surface area (Å²) in [6.07, 6.45) is 6.14. The van der Waals surface area contributed by atoms with Gasteiger partial charge in [-0.25, -0.2) is 4.39 Å². The zero-order valence-electron chi connectivity index (χ0n) is 9.81. The number of pyridine rings is 1. The normalized spacial score (nSPS) is 10.6. The van der Waals surface area contributed by atoms with Crippen molar-refractivity contribution in [3.05, 3.63) is 65.2 Å². The van der Waals surface area contributed by atoms with Crippen LogP contribution in [0.2, 0.25) is 5.02 Å². The SMILES string of the molecule is O=C(/C=C/c1cccnc1)Nc1cc(Cl)ccc1F. The molecule has 19 heavy (non-hydrogen) atoms. The lowest BCUT2D eigenvalue weighted by atomic mass is 10.2. The molecule has 1 heterocycles.